The van der Waals surface area contributed by atoms with Crippen LogP contribution in [-0.2, 0) is 10.0 Å². The van der Waals surface area contributed by atoms with Crippen molar-refractivity contribution < 1.29 is 13.5 Å². The second-order valence-electron chi connectivity index (χ2n) is 3.15. The fourth-order valence-corrected chi connectivity index (χ4v) is 3.20. The van der Waals surface area contributed by atoms with E-state index in [-0.39, 0.29) is 23.1 Å². The van der Waals surface area contributed by atoms with E-state index in [0.717, 1.165) is 10.0 Å². The topological polar surface area (TPSA) is 66.4 Å². The lowest BCUT2D eigenvalue weighted by molar-refractivity contribution is 0.301. The number of benzene rings is 1. The molecule has 2 N–H and O–H groups in total. The molecule has 1 aromatic carbocycles. The molecule has 0 unspecified atom stereocenters. The minimum absolute atomic E-state index is 0.0170. The molecule has 4 nitrogen and oxygen atoms in total. The van der Waals surface area contributed by atoms with Crippen LogP contribution >= 0.6 is 27.5 Å². The van der Waals surface area contributed by atoms with Crippen molar-refractivity contribution in [2.75, 3.05) is 13.2 Å². The van der Waals surface area contributed by atoms with E-state index in [2.05, 4.69) is 20.7 Å². The first-order chi connectivity index (χ1) is 7.38. The van der Waals surface area contributed by atoms with Gasteiger partial charge in [-0.2, -0.15) is 0 Å². The summed E-state index contributed by atoms with van der Waals surface area (Å²) < 4.78 is 26.5. The summed E-state index contributed by atoms with van der Waals surface area (Å²) in [6, 6.07) is 3.01. The number of rotatable bonds is 4. The van der Waals surface area contributed by atoms with Gasteiger partial charge in [0.05, 0.1) is 11.6 Å². The van der Waals surface area contributed by atoms with Crippen molar-refractivity contribution in [3.05, 3.63) is 27.2 Å². The van der Waals surface area contributed by atoms with Crippen LogP contribution in [0.25, 0.3) is 0 Å². The lowest BCUT2D eigenvalue weighted by Crippen LogP contribution is -2.27. The highest BCUT2D eigenvalue weighted by atomic mass is 79.9. The summed E-state index contributed by atoms with van der Waals surface area (Å²) in [7, 11) is -3.66. The second-order valence-corrected chi connectivity index (χ2v) is 6.15. The largest absolute Gasteiger partial charge is 0.395 e. The summed E-state index contributed by atoms with van der Waals surface area (Å²) in [4.78, 5) is 0.0170. The van der Waals surface area contributed by atoms with Gasteiger partial charge in [-0.1, -0.05) is 27.5 Å². The Bertz CT molecular complexity index is 490. The zero-order chi connectivity index (χ0) is 12.3. The Balaban J connectivity index is 3.18. The maximum Gasteiger partial charge on any atom is 0.242 e. The number of nitrogens with one attached hydrogen (secondary N) is 1. The summed E-state index contributed by atoms with van der Waals surface area (Å²) in [6.07, 6.45) is 0. The van der Waals surface area contributed by atoms with Gasteiger partial charge in [0, 0.05) is 11.0 Å². The van der Waals surface area contributed by atoms with E-state index in [4.69, 9.17) is 16.7 Å². The van der Waals surface area contributed by atoms with Crippen LogP contribution in [0.5, 0.6) is 0 Å². The molecule has 0 aliphatic carbocycles. The molecule has 0 aliphatic heterocycles. The van der Waals surface area contributed by atoms with Gasteiger partial charge >= 0.3 is 0 Å². The maximum absolute atomic E-state index is 11.8. The van der Waals surface area contributed by atoms with E-state index >= 15 is 0 Å². The van der Waals surface area contributed by atoms with Gasteiger partial charge in [0.25, 0.3) is 0 Å². The highest BCUT2D eigenvalue weighted by Gasteiger charge is 2.18. The van der Waals surface area contributed by atoms with Crippen molar-refractivity contribution in [1.82, 2.24) is 4.72 Å². The molecule has 1 aromatic rings. The molecule has 0 radical (unpaired) electrons. The molecule has 1 rings (SSSR count). The van der Waals surface area contributed by atoms with Crippen molar-refractivity contribution in [3.63, 3.8) is 0 Å². The van der Waals surface area contributed by atoms with Gasteiger partial charge < -0.3 is 5.11 Å². The molecule has 0 spiro atoms. The summed E-state index contributed by atoms with van der Waals surface area (Å²) in [6.45, 7) is 1.48. The quantitative estimate of drug-likeness (QED) is 0.884. The lowest BCUT2D eigenvalue weighted by Gasteiger charge is -2.09. The molecule has 0 aromatic heterocycles. The molecule has 90 valence electrons. The molecular weight excluding hydrogens is 318 g/mol. The van der Waals surface area contributed by atoms with Gasteiger partial charge in [-0.15, -0.1) is 0 Å². The van der Waals surface area contributed by atoms with E-state index in [0.29, 0.717) is 0 Å². The van der Waals surface area contributed by atoms with Gasteiger partial charge in [-0.25, -0.2) is 13.1 Å². The molecule has 0 aliphatic rings. The Hall–Kier alpha value is -0.140. The third kappa shape index (κ3) is 3.18. The Kier molecular flexibility index (Phi) is 4.75. The van der Waals surface area contributed by atoms with E-state index in [1.807, 2.05) is 0 Å². The van der Waals surface area contributed by atoms with Gasteiger partial charge in [0.15, 0.2) is 0 Å². The minimum Gasteiger partial charge on any atom is -0.395 e. The zero-order valence-electron chi connectivity index (χ0n) is 8.50. The number of sulfonamides is 1. The van der Waals surface area contributed by atoms with Crippen molar-refractivity contribution in [1.29, 1.82) is 0 Å². The average Bonchev–Trinajstić information content (AvgIpc) is 2.20. The highest BCUT2D eigenvalue weighted by Crippen LogP contribution is 2.28. The van der Waals surface area contributed by atoms with Crippen LogP contribution in [-0.4, -0.2) is 26.7 Å². The molecular formula is C9H11BrClNO3S. The fourth-order valence-electron chi connectivity index (χ4n) is 1.09. The molecule has 7 heteroatoms. The standard InChI is InChI=1S/C9H11BrClNO3S/c1-6-4-9(8(11)5-7(6)10)16(14,15)12-2-3-13/h4-5,12-13H,2-3H2,1H3. The molecule has 0 heterocycles. The average molecular weight is 329 g/mol. The van der Waals surface area contributed by atoms with E-state index in [1.54, 1.807) is 6.92 Å². The smallest absolute Gasteiger partial charge is 0.242 e. The third-order valence-electron chi connectivity index (χ3n) is 1.91. The molecule has 0 atom stereocenters. The minimum atomic E-state index is -3.66. The molecule has 0 amide bonds. The Morgan fingerprint density at radius 2 is 2.12 bits per heavy atom. The summed E-state index contributed by atoms with van der Waals surface area (Å²) in [5, 5.41) is 8.72. The van der Waals surface area contributed by atoms with E-state index in [9.17, 15) is 8.42 Å². The predicted octanol–water partition coefficient (Wildman–Crippen LogP) is 1.68. The first-order valence-corrected chi connectivity index (χ1v) is 7.10. The number of hydrogen-bond acceptors (Lipinski definition) is 3. The van der Waals surface area contributed by atoms with Crippen molar-refractivity contribution >= 4 is 37.6 Å². The van der Waals surface area contributed by atoms with Gasteiger partial charge in [-0.3, -0.25) is 0 Å². The van der Waals surface area contributed by atoms with Crippen LogP contribution < -0.4 is 4.72 Å². The Morgan fingerprint density at radius 3 is 2.69 bits per heavy atom. The molecule has 0 saturated heterocycles. The first kappa shape index (κ1) is 13.9. The van der Waals surface area contributed by atoms with Crippen LogP contribution in [0.3, 0.4) is 0 Å². The number of aryl methyl sites for hydroxylation is 1. The van der Waals surface area contributed by atoms with Crippen molar-refractivity contribution in [2.24, 2.45) is 0 Å². The van der Waals surface area contributed by atoms with Gasteiger partial charge in [0.1, 0.15) is 4.90 Å². The van der Waals surface area contributed by atoms with Crippen LogP contribution in [0, 0.1) is 6.92 Å². The number of aliphatic hydroxyl groups excluding tert-OH is 1. The summed E-state index contributed by atoms with van der Waals surface area (Å²) in [5.74, 6) is 0. The molecule has 0 fully saturated rings. The monoisotopic (exact) mass is 327 g/mol. The summed E-state index contributed by atoms with van der Waals surface area (Å²) >= 11 is 9.11. The SMILES string of the molecule is Cc1cc(S(=O)(=O)NCCO)c(Cl)cc1Br. The Labute approximate surface area is 108 Å². The van der Waals surface area contributed by atoms with E-state index in [1.165, 1.54) is 12.1 Å². The normalized spacial score (nSPS) is 11.8. The molecule has 16 heavy (non-hydrogen) atoms. The summed E-state index contributed by atoms with van der Waals surface area (Å²) in [5.41, 5.74) is 0.772. The number of hydrogen-bond donors (Lipinski definition) is 2. The lowest BCUT2D eigenvalue weighted by atomic mass is 10.2. The van der Waals surface area contributed by atoms with Crippen LogP contribution in [0.15, 0.2) is 21.5 Å². The van der Waals surface area contributed by atoms with Crippen molar-refractivity contribution in [3.8, 4) is 0 Å². The van der Waals surface area contributed by atoms with Crippen molar-refractivity contribution in [2.45, 2.75) is 11.8 Å². The van der Waals surface area contributed by atoms with Gasteiger partial charge in [-0.05, 0) is 24.6 Å². The zero-order valence-corrected chi connectivity index (χ0v) is 11.7. The second kappa shape index (κ2) is 5.46. The van der Waals surface area contributed by atoms with E-state index < -0.39 is 10.0 Å². The first-order valence-electron chi connectivity index (χ1n) is 4.44. The van der Waals surface area contributed by atoms with Crippen LogP contribution in [0.4, 0.5) is 0 Å². The highest BCUT2D eigenvalue weighted by molar-refractivity contribution is 9.10. The third-order valence-corrected chi connectivity index (χ3v) is 4.69. The molecule has 0 saturated carbocycles. The predicted molar refractivity (Wildman–Crippen MR) is 66.2 cm³/mol. The van der Waals surface area contributed by atoms with Crippen LogP contribution in [0.1, 0.15) is 5.56 Å². The number of halogens is 2. The Morgan fingerprint density at radius 1 is 1.50 bits per heavy atom. The maximum atomic E-state index is 11.8. The number of aliphatic hydroxyl groups is 1. The van der Waals surface area contributed by atoms with Gasteiger partial charge in [0.2, 0.25) is 10.0 Å². The van der Waals surface area contributed by atoms with Crippen LogP contribution in [0.2, 0.25) is 5.02 Å². The fraction of sp³-hybridized carbons (Fsp3) is 0.333. The molecule has 0 bridgehead atoms.